The summed E-state index contributed by atoms with van der Waals surface area (Å²) in [5, 5.41) is 2.18. The van der Waals surface area contributed by atoms with Crippen LogP contribution in [0.3, 0.4) is 0 Å². The van der Waals surface area contributed by atoms with Crippen molar-refractivity contribution >= 4 is 27.5 Å². The van der Waals surface area contributed by atoms with Crippen LogP contribution in [0.4, 0.5) is 18.9 Å². The average Bonchev–Trinajstić information content (AvgIpc) is 2.36. The van der Waals surface area contributed by atoms with Crippen molar-refractivity contribution in [3.05, 3.63) is 63.9 Å². The van der Waals surface area contributed by atoms with Gasteiger partial charge in [-0.25, -0.2) is 13.2 Å². The van der Waals surface area contributed by atoms with Gasteiger partial charge in [-0.05, 0) is 40.2 Å². The molecule has 0 heterocycles. The Morgan fingerprint density at radius 3 is 2.53 bits per heavy atom. The van der Waals surface area contributed by atoms with E-state index in [4.69, 9.17) is 0 Å². The third kappa shape index (κ3) is 2.96. The lowest BCUT2D eigenvalue weighted by molar-refractivity contribution is 0.102. The molecule has 1 N–H and O–H groups in total. The van der Waals surface area contributed by atoms with Gasteiger partial charge in [0.25, 0.3) is 5.91 Å². The fourth-order valence-corrected chi connectivity index (χ4v) is 1.83. The first-order chi connectivity index (χ1) is 8.99. The molecule has 0 spiro atoms. The van der Waals surface area contributed by atoms with Crippen molar-refractivity contribution in [2.24, 2.45) is 0 Å². The number of halogens is 4. The number of amides is 1. The highest BCUT2D eigenvalue weighted by Crippen LogP contribution is 2.21. The van der Waals surface area contributed by atoms with E-state index in [9.17, 15) is 18.0 Å². The van der Waals surface area contributed by atoms with Crippen LogP contribution in [-0.4, -0.2) is 5.91 Å². The van der Waals surface area contributed by atoms with Crippen LogP contribution in [0.1, 0.15) is 10.4 Å². The minimum atomic E-state index is -0.927. The average molecular weight is 330 g/mol. The molecule has 98 valence electrons. The molecule has 0 bridgehead atoms. The zero-order valence-corrected chi connectivity index (χ0v) is 11.0. The zero-order valence-electron chi connectivity index (χ0n) is 9.38. The minimum absolute atomic E-state index is 0.125. The third-order valence-corrected chi connectivity index (χ3v) is 2.99. The fraction of sp³-hybridized carbons (Fsp3) is 0. The van der Waals surface area contributed by atoms with Gasteiger partial charge in [0.05, 0.1) is 15.7 Å². The highest BCUT2D eigenvalue weighted by atomic mass is 79.9. The molecular weight excluding hydrogens is 323 g/mol. The molecule has 0 saturated carbocycles. The Balaban J connectivity index is 2.28. The van der Waals surface area contributed by atoms with Crippen LogP contribution in [-0.2, 0) is 0 Å². The molecule has 19 heavy (non-hydrogen) atoms. The molecule has 2 aromatic rings. The number of hydrogen-bond donors (Lipinski definition) is 1. The smallest absolute Gasteiger partial charge is 0.258 e. The zero-order chi connectivity index (χ0) is 14.0. The molecule has 0 aliphatic carbocycles. The molecule has 6 heteroatoms. The Kier molecular flexibility index (Phi) is 3.90. The van der Waals surface area contributed by atoms with Crippen molar-refractivity contribution in [2.45, 2.75) is 0 Å². The standard InChI is InChI=1S/C13H7BrF3NO/c14-9-3-1-2-8(12(9)17)13(19)18-11-5-4-7(15)6-10(11)16/h1-6H,(H,18,19). The van der Waals surface area contributed by atoms with Crippen LogP contribution in [0.25, 0.3) is 0 Å². The predicted octanol–water partition coefficient (Wildman–Crippen LogP) is 4.12. The van der Waals surface area contributed by atoms with Crippen LogP contribution in [0.15, 0.2) is 40.9 Å². The number of benzene rings is 2. The molecule has 0 unspecified atom stereocenters. The van der Waals surface area contributed by atoms with Gasteiger partial charge >= 0.3 is 0 Å². The molecule has 2 rings (SSSR count). The predicted molar refractivity (Wildman–Crippen MR) is 68.4 cm³/mol. The molecule has 0 atom stereocenters. The Morgan fingerprint density at radius 1 is 1.11 bits per heavy atom. The summed E-state index contributed by atoms with van der Waals surface area (Å²) in [7, 11) is 0. The fourth-order valence-electron chi connectivity index (χ4n) is 1.46. The summed E-state index contributed by atoms with van der Waals surface area (Å²) in [5.41, 5.74) is -0.455. The van der Waals surface area contributed by atoms with Crippen LogP contribution in [0.5, 0.6) is 0 Å². The van der Waals surface area contributed by atoms with E-state index in [0.29, 0.717) is 6.07 Å². The van der Waals surface area contributed by atoms with Gasteiger partial charge in [0, 0.05) is 6.07 Å². The molecule has 2 nitrogen and oxygen atoms in total. The van der Waals surface area contributed by atoms with Gasteiger partial charge in [0.2, 0.25) is 0 Å². The molecule has 0 aliphatic heterocycles. The maximum Gasteiger partial charge on any atom is 0.258 e. The van der Waals surface area contributed by atoms with Crippen LogP contribution < -0.4 is 5.32 Å². The summed E-state index contributed by atoms with van der Waals surface area (Å²) >= 11 is 2.95. The monoisotopic (exact) mass is 329 g/mol. The Hall–Kier alpha value is -1.82. The van der Waals surface area contributed by atoms with Crippen LogP contribution in [0.2, 0.25) is 0 Å². The molecule has 0 aromatic heterocycles. The number of carbonyl (C=O) groups is 1. The normalized spacial score (nSPS) is 10.3. The lowest BCUT2D eigenvalue weighted by Gasteiger charge is -2.07. The summed E-state index contributed by atoms with van der Waals surface area (Å²) in [6.45, 7) is 0. The van der Waals surface area contributed by atoms with E-state index in [0.717, 1.165) is 12.1 Å². The molecule has 0 fully saturated rings. The summed E-state index contributed by atoms with van der Waals surface area (Å²) in [6, 6.07) is 6.87. The maximum atomic E-state index is 13.7. The number of anilines is 1. The second-order valence-corrected chi connectivity index (χ2v) is 4.53. The van der Waals surface area contributed by atoms with Gasteiger partial charge in [0.15, 0.2) is 0 Å². The number of hydrogen-bond acceptors (Lipinski definition) is 1. The van der Waals surface area contributed by atoms with E-state index >= 15 is 0 Å². The van der Waals surface area contributed by atoms with Gasteiger partial charge in [0.1, 0.15) is 17.5 Å². The maximum absolute atomic E-state index is 13.7. The third-order valence-electron chi connectivity index (χ3n) is 2.38. The van der Waals surface area contributed by atoms with Crippen molar-refractivity contribution in [1.29, 1.82) is 0 Å². The van der Waals surface area contributed by atoms with Crippen molar-refractivity contribution < 1.29 is 18.0 Å². The van der Waals surface area contributed by atoms with Crippen molar-refractivity contribution in [1.82, 2.24) is 0 Å². The lowest BCUT2D eigenvalue weighted by atomic mass is 10.2. The molecule has 0 saturated heterocycles. The van der Waals surface area contributed by atoms with Crippen molar-refractivity contribution in [2.75, 3.05) is 5.32 Å². The van der Waals surface area contributed by atoms with Crippen molar-refractivity contribution in [3.8, 4) is 0 Å². The quantitative estimate of drug-likeness (QED) is 0.882. The largest absolute Gasteiger partial charge is 0.319 e. The summed E-state index contributed by atoms with van der Waals surface area (Å²) in [6.07, 6.45) is 0. The molecule has 2 aromatic carbocycles. The number of nitrogens with one attached hydrogen (secondary N) is 1. The number of carbonyl (C=O) groups excluding carboxylic acids is 1. The van der Waals surface area contributed by atoms with Gasteiger partial charge in [-0.1, -0.05) is 6.07 Å². The second kappa shape index (κ2) is 5.44. The first kappa shape index (κ1) is 13.6. The SMILES string of the molecule is O=C(Nc1ccc(F)cc1F)c1cccc(Br)c1F. The van der Waals surface area contributed by atoms with E-state index in [1.165, 1.54) is 18.2 Å². The van der Waals surface area contributed by atoms with E-state index in [-0.39, 0.29) is 15.7 Å². The van der Waals surface area contributed by atoms with Gasteiger partial charge in [-0.3, -0.25) is 4.79 Å². The lowest BCUT2D eigenvalue weighted by Crippen LogP contribution is -2.15. The first-order valence-electron chi connectivity index (χ1n) is 5.19. The Morgan fingerprint density at radius 2 is 1.84 bits per heavy atom. The molecule has 0 aliphatic rings. The molecule has 1 amide bonds. The van der Waals surface area contributed by atoms with E-state index in [2.05, 4.69) is 21.2 Å². The molecular formula is C13H7BrF3NO. The van der Waals surface area contributed by atoms with E-state index in [1.54, 1.807) is 0 Å². The van der Waals surface area contributed by atoms with Crippen LogP contribution in [0, 0.1) is 17.5 Å². The van der Waals surface area contributed by atoms with Gasteiger partial charge in [-0.15, -0.1) is 0 Å². The Labute approximate surface area is 115 Å². The van der Waals surface area contributed by atoms with Gasteiger partial charge < -0.3 is 5.32 Å². The topological polar surface area (TPSA) is 29.1 Å². The molecule has 0 radical (unpaired) electrons. The summed E-state index contributed by atoms with van der Waals surface area (Å²) < 4.78 is 39.8. The van der Waals surface area contributed by atoms with Crippen molar-refractivity contribution in [3.63, 3.8) is 0 Å². The van der Waals surface area contributed by atoms with Crippen LogP contribution >= 0.6 is 15.9 Å². The number of rotatable bonds is 2. The highest BCUT2D eigenvalue weighted by Gasteiger charge is 2.15. The highest BCUT2D eigenvalue weighted by molar-refractivity contribution is 9.10. The first-order valence-corrected chi connectivity index (χ1v) is 5.99. The summed E-state index contributed by atoms with van der Waals surface area (Å²) in [5.74, 6) is -3.25. The minimum Gasteiger partial charge on any atom is -0.319 e. The second-order valence-electron chi connectivity index (χ2n) is 3.68. The summed E-state index contributed by atoms with van der Waals surface area (Å²) in [4.78, 5) is 11.8. The Bertz CT molecular complexity index is 646. The van der Waals surface area contributed by atoms with E-state index < -0.39 is 23.4 Å². The van der Waals surface area contributed by atoms with Gasteiger partial charge in [-0.2, -0.15) is 0 Å². The van der Waals surface area contributed by atoms with E-state index in [1.807, 2.05) is 0 Å².